The van der Waals surface area contributed by atoms with Crippen molar-refractivity contribution in [3.8, 4) is 0 Å². The fourth-order valence-electron chi connectivity index (χ4n) is 1.18. The van der Waals surface area contributed by atoms with E-state index in [2.05, 4.69) is 27.9 Å². The summed E-state index contributed by atoms with van der Waals surface area (Å²) >= 11 is 1.65. The normalized spacial score (nSPS) is 10.6. The van der Waals surface area contributed by atoms with Crippen LogP contribution in [0.5, 0.6) is 0 Å². The van der Waals surface area contributed by atoms with Gasteiger partial charge < -0.3 is 10.6 Å². The molecule has 0 saturated carbocycles. The van der Waals surface area contributed by atoms with Crippen LogP contribution in [0.2, 0.25) is 0 Å². The zero-order chi connectivity index (χ0) is 10.1. The highest BCUT2D eigenvalue weighted by Crippen LogP contribution is 1.99. The van der Waals surface area contributed by atoms with Gasteiger partial charge in [0.25, 0.3) is 0 Å². The standard InChI is InChI=1S/C10H19N3S/c1-2-4-11-5-3-6-12-7-10-8-14-9-13-10/h8-9,11-12H,2-7H2,1H3. The summed E-state index contributed by atoms with van der Waals surface area (Å²) in [6.45, 7) is 6.39. The molecule has 0 bridgehead atoms. The highest BCUT2D eigenvalue weighted by molar-refractivity contribution is 7.07. The second-order valence-corrected chi connectivity index (χ2v) is 3.98. The molecule has 0 aliphatic rings. The predicted molar refractivity (Wildman–Crippen MR) is 61.6 cm³/mol. The number of nitrogens with zero attached hydrogens (tertiary/aromatic N) is 1. The number of hydrogen-bond donors (Lipinski definition) is 2. The molecule has 1 aromatic heterocycles. The Morgan fingerprint density at radius 2 is 2.14 bits per heavy atom. The monoisotopic (exact) mass is 213 g/mol. The van der Waals surface area contributed by atoms with Crippen LogP contribution < -0.4 is 10.6 Å². The van der Waals surface area contributed by atoms with Gasteiger partial charge in [-0.2, -0.15) is 0 Å². The van der Waals surface area contributed by atoms with E-state index in [1.807, 2.05) is 5.51 Å². The van der Waals surface area contributed by atoms with Crippen LogP contribution in [0.1, 0.15) is 25.5 Å². The molecule has 0 aromatic carbocycles. The second kappa shape index (κ2) is 7.91. The lowest BCUT2D eigenvalue weighted by atomic mass is 10.4. The van der Waals surface area contributed by atoms with Crippen LogP contribution in [-0.4, -0.2) is 24.6 Å². The lowest BCUT2D eigenvalue weighted by molar-refractivity contribution is 0.589. The van der Waals surface area contributed by atoms with E-state index in [4.69, 9.17) is 0 Å². The minimum atomic E-state index is 0.900. The van der Waals surface area contributed by atoms with E-state index >= 15 is 0 Å². The van der Waals surface area contributed by atoms with Crippen LogP contribution in [0.25, 0.3) is 0 Å². The van der Waals surface area contributed by atoms with Crippen molar-refractivity contribution >= 4 is 11.3 Å². The third kappa shape index (κ3) is 5.32. The average Bonchev–Trinajstić information content (AvgIpc) is 2.69. The van der Waals surface area contributed by atoms with Crippen LogP contribution >= 0.6 is 11.3 Å². The first kappa shape index (κ1) is 11.6. The van der Waals surface area contributed by atoms with E-state index < -0.39 is 0 Å². The SMILES string of the molecule is CCCNCCCNCc1cscn1. The molecule has 0 unspecified atom stereocenters. The first-order valence-electron chi connectivity index (χ1n) is 5.22. The molecule has 3 nitrogen and oxygen atoms in total. The molecular formula is C10H19N3S. The van der Waals surface area contributed by atoms with Crippen molar-refractivity contribution in [3.05, 3.63) is 16.6 Å². The fraction of sp³-hybridized carbons (Fsp3) is 0.700. The van der Waals surface area contributed by atoms with Crippen LogP contribution in [-0.2, 0) is 6.54 Å². The smallest absolute Gasteiger partial charge is 0.0795 e. The first-order chi connectivity index (χ1) is 6.93. The maximum atomic E-state index is 4.20. The summed E-state index contributed by atoms with van der Waals surface area (Å²) < 4.78 is 0. The van der Waals surface area contributed by atoms with Gasteiger partial charge in [-0.3, -0.25) is 0 Å². The van der Waals surface area contributed by atoms with E-state index in [1.54, 1.807) is 11.3 Å². The van der Waals surface area contributed by atoms with Crippen molar-refractivity contribution < 1.29 is 0 Å². The first-order valence-corrected chi connectivity index (χ1v) is 6.16. The van der Waals surface area contributed by atoms with E-state index in [1.165, 1.54) is 12.8 Å². The van der Waals surface area contributed by atoms with Crippen molar-refractivity contribution in [2.24, 2.45) is 0 Å². The zero-order valence-electron chi connectivity index (χ0n) is 8.75. The zero-order valence-corrected chi connectivity index (χ0v) is 9.57. The molecule has 1 heterocycles. The van der Waals surface area contributed by atoms with Gasteiger partial charge in [-0.05, 0) is 32.5 Å². The topological polar surface area (TPSA) is 37.0 Å². The van der Waals surface area contributed by atoms with E-state index in [9.17, 15) is 0 Å². The van der Waals surface area contributed by atoms with E-state index in [0.717, 1.165) is 31.9 Å². The molecule has 0 spiro atoms. The quantitative estimate of drug-likeness (QED) is 0.644. The number of nitrogens with one attached hydrogen (secondary N) is 2. The van der Waals surface area contributed by atoms with Crippen LogP contribution in [0.15, 0.2) is 10.9 Å². The Hall–Kier alpha value is -0.450. The van der Waals surface area contributed by atoms with E-state index in [-0.39, 0.29) is 0 Å². The third-order valence-corrected chi connectivity index (χ3v) is 2.56. The van der Waals surface area contributed by atoms with E-state index in [0.29, 0.717) is 0 Å². The van der Waals surface area contributed by atoms with Gasteiger partial charge in [0.1, 0.15) is 0 Å². The minimum absolute atomic E-state index is 0.900. The molecule has 14 heavy (non-hydrogen) atoms. The van der Waals surface area contributed by atoms with Crippen LogP contribution in [0.3, 0.4) is 0 Å². The van der Waals surface area contributed by atoms with Gasteiger partial charge in [-0.15, -0.1) is 11.3 Å². The summed E-state index contributed by atoms with van der Waals surface area (Å²) in [5, 5.41) is 8.83. The van der Waals surface area contributed by atoms with Crippen LogP contribution in [0, 0.1) is 0 Å². The van der Waals surface area contributed by atoms with Gasteiger partial charge in [0.2, 0.25) is 0 Å². The third-order valence-electron chi connectivity index (χ3n) is 1.92. The lowest BCUT2D eigenvalue weighted by Gasteiger charge is -2.03. The summed E-state index contributed by atoms with van der Waals surface area (Å²) in [5.74, 6) is 0. The van der Waals surface area contributed by atoms with Gasteiger partial charge in [-0.1, -0.05) is 6.92 Å². The van der Waals surface area contributed by atoms with Crippen molar-refractivity contribution in [2.75, 3.05) is 19.6 Å². The van der Waals surface area contributed by atoms with Crippen LogP contribution in [0.4, 0.5) is 0 Å². The Bertz CT molecular complexity index is 211. The van der Waals surface area contributed by atoms with Gasteiger partial charge >= 0.3 is 0 Å². The lowest BCUT2D eigenvalue weighted by Crippen LogP contribution is -2.22. The fourth-order valence-corrected chi connectivity index (χ4v) is 1.74. The molecule has 0 fully saturated rings. The molecule has 0 radical (unpaired) electrons. The molecule has 4 heteroatoms. The molecule has 1 aromatic rings. The average molecular weight is 213 g/mol. The molecule has 0 aliphatic carbocycles. The van der Waals surface area contributed by atoms with Crippen molar-refractivity contribution in [1.82, 2.24) is 15.6 Å². The second-order valence-electron chi connectivity index (χ2n) is 3.26. The Balaban J connectivity index is 1.85. The molecule has 0 aliphatic heterocycles. The summed E-state index contributed by atoms with van der Waals surface area (Å²) in [7, 11) is 0. The largest absolute Gasteiger partial charge is 0.317 e. The van der Waals surface area contributed by atoms with Crippen molar-refractivity contribution in [3.63, 3.8) is 0 Å². The highest BCUT2D eigenvalue weighted by Gasteiger charge is 1.93. The van der Waals surface area contributed by atoms with Crippen molar-refractivity contribution in [1.29, 1.82) is 0 Å². The molecule has 80 valence electrons. The Morgan fingerprint density at radius 1 is 1.29 bits per heavy atom. The number of rotatable bonds is 8. The molecule has 0 atom stereocenters. The molecule has 2 N–H and O–H groups in total. The highest BCUT2D eigenvalue weighted by atomic mass is 32.1. The maximum absolute atomic E-state index is 4.20. The summed E-state index contributed by atoms with van der Waals surface area (Å²) in [6, 6.07) is 0. The van der Waals surface area contributed by atoms with Gasteiger partial charge in [0.05, 0.1) is 11.2 Å². The van der Waals surface area contributed by atoms with Gasteiger partial charge in [0, 0.05) is 11.9 Å². The maximum Gasteiger partial charge on any atom is 0.0795 e. The van der Waals surface area contributed by atoms with Gasteiger partial charge in [-0.25, -0.2) is 4.98 Å². The summed E-state index contributed by atoms with van der Waals surface area (Å²) in [4.78, 5) is 4.20. The summed E-state index contributed by atoms with van der Waals surface area (Å²) in [5.41, 5.74) is 3.02. The molecule has 0 amide bonds. The Morgan fingerprint density at radius 3 is 2.86 bits per heavy atom. The molecular weight excluding hydrogens is 194 g/mol. The number of thiazole rings is 1. The van der Waals surface area contributed by atoms with Crippen molar-refractivity contribution in [2.45, 2.75) is 26.3 Å². The minimum Gasteiger partial charge on any atom is -0.317 e. The number of aromatic nitrogens is 1. The Labute approximate surface area is 89.9 Å². The van der Waals surface area contributed by atoms with Gasteiger partial charge in [0.15, 0.2) is 0 Å². The predicted octanol–water partition coefficient (Wildman–Crippen LogP) is 1.62. The number of hydrogen-bond acceptors (Lipinski definition) is 4. The molecule has 1 rings (SSSR count). The Kier molecular flexibility index (Phi) is 6.57. The molecule has 0 saturated heterocycles. The summed E-state index contributed by atoms with van der Waals surface area (Å²) in [6.07, 6.45) is 2.40.